The highest BCUT2D eigenvalue weighted by atomic mass is 35.5. The summed E-state index contributed by atoms with van der Waals surface area (Å²) in [7, 11) is 0. The minimum atomic E-state index is -1.12. The highest BCUT2D eigenvalue weighted by Gasteiger charge is 2.33. The molecule has 4 rings (SSSR count). The summed E-state index contributed by atoms with van der Waals surface area (Å²) in [6.45, 7) is 4.93. The Labute approximate surface area is 218 Å². The molecule has 36 heavy (non-hydrogen) atoms. The lowest BCUT2D eigenvalue weighted by Crippen LogP contribution is -2.48. The van der Waals surface area contributed by atoms with Gasteiger partial charge < -0.3 is 24.2 Å². The van der Waals surface area contributed by atoms with Crippen LogP contribution in [0.3, 0.4) is 0 Å². The maximum atomic E-state index is 12.1. The SMILES string of the molecule is O=C1CCCCCN1CCCOc1cccc(CN2CCOC[C@@](O)(COc3ccc(Cl)cc3)C2)c1. The van der Waals surface area contributed by atoms with Crippen LogP contribution < -0.4 is 9.47 Å². The second-order valence-corrected chi connectivity index (χ2v) is 10.2. The van der Waals surface area contributed by atoms with Gasteiger partial charge in [-0.3, -0.25) is 9.69 Å². The summed E-state index contributed by atoms with van der Waals surface area (Å²) in [5.74, 6) is 1.75. The Hall–Kier alpha value is -2.32. The van der Waals surface area contributed by atoms with Crippen molar-refractivity contribution in [2.75, 3.05) is 52.6 Å². The van der Waals surface area contributed by atoms with E-state index in [1.54, 1.807) is 24.3 Å². The van der Waals surface area contributed by atoms with E-state index in [0.717, 1.165) is 56.6 Å². The Morgan fingerprint density at radius 2 is 1.89 bits per heavy atom. The molecule has 2 aliphatic heterocycles. The van der Waals surface area contributed by atoms with Crippen LogP contribution in [0, 0.1) is 0 Å². The molecule has 0 unspecified atom stereocenters. The van der Waals surface area contributed by atoms with Crippen LogP contribution in [0.4, 0.5) is 0 Å². The lowest BCUT2D eigenvalue weighted by atomic mass is 10.1. The van der Waals surface area contributed by atoms with Gasteiger partial charge in [0, 0.05) is 44.2 Å². The lowest BCUT2D eigenvalue weighted by Gasteiger charge is -2.30. The van der Waals surface area contributed by atoms with Crippen molar-refractivity contribution < 1.29 is 24.1 Å². The van der Waals surface area contributed by atoms with Gasteiger partial charge in [-0.2, -0.15) is 0 Å². The van der Waals surface area contributed by atoms with Gasteiger partial charge in [-0.25, -0.2) is 0 Å². The number of halogens is 1. The van der Waals surface area contributed by atoms with Gasteiger partial charge in [0.15, 0.2) is 0 Å². The van der Waals surface area contributed by atoms with Crippen LogP contribution in [0.1, 0.15) is 37.7 Å². The van der Waals surface area contributed by atoms with E-state index in [-0.39, 0.29) is 19.1 Å². The van der Waals surface area contributed by atoms with Crippen molar-refractivity contribution in [3.8, 4) is 11.5 Å². The Morgan fingerprint density at radius 3 is 2.75 bits per heavy atom. The van der Waals surface area contributed by atoms with Crippen molar-refractivity contribution in [3.63, 3.8) is 0 Å². The monoisotopic (exact) mass is 516 g/mol. The van der Waals surface area contributed by atoms with E-state index in [0.29, 0.717) is 43.5 Å². The van der Waals surface area contributed by atoms with Crippen molar-refractivity contribution in [2.45, 2.75) is 44.2 Å². The third kappa shape index (κ3) is 8.37. The first-order valence-electron chi connectivity index (χ1n) is 12.9. The molecule has 2 aromatic carbocycles. The van der Waals surface area contributed by atoms with Crippen molar-refractivity contribution in [1.29, 1.82) is 0 Å². The van der Waals surface area contributed by atoms with E-state index < -0.39 is 5.60 Å². The molecule has 1 N–H and O–H groups in total. The van der Waals surface area contributed by atoms with Gasteiger partial charge >= 0.3 is 0 Å². The standard InChI is InChI=1S/C28H37ClN2O5/c29-24-9-11-25(12-10-24)36-22-28(33)20-30(15-17-34-21-28)19-23-6-4-7-26(18-23)35-16-5-14-31-13-3-1-2-8-27(31)32/h4,6-7,9-12,18,33H,1-3,5,8,13-17,19-22H2/t28-/m1/s1. The van der Waals surface area contributed by atoms with E-state index in [1.165, 1.54) is 0 Å². The number of benzene rings is 2. The zero-order chi connectivity index (χ0) is 25.2. The highest BCUT2D eigenvalue weighted by molar-refractivity contribution is 6.30. The highest BCUT2D eigenvalue weighted by Crippen LogP contribution is 2.21. The van der Waals surface area contributed by atoms with Gasteiger partial charge in [0.25, 0.3) is 0 Å². The van der Waals surface area contributed by atoms with Gasteiger partial charge in [0.2, 0.25) is 5.91 Å². The molecule has 2 aliphatic rings. The van der Waals surface area contributed by atoms with Crippen molar-refractivity contribution in [2.24, 2.45) is 0 Å². The summed E-state index contributed by atoms with van der Waals surface area (Å²) < 4.78 is 17.5. The predicted octanol–water partition coefficient (Wildman–Crippen LogP) is 4.15. The molecular formula is C28H37ClN2O5. The number of carbonyl (C=O) groups excluding carboxylic acids is 1. The first-order valence-corrected chi connectivity index (χ1v) is 13.3. The predicted molar refractivity (Wildman–Crippen MR) is 140 cm³/mol. The molecule has 0 bridgehead atoms. The molecule has 0 aromatic heterocycles. The number of β-amino-alcohol motifs (C(OH)–C–C–N with tert-alkyl or cyclic N) is 1. The van der Waals surface area contributed by atoms with Gasteiger partial charge in [0.1, 0.15) is 23.7 Å². The van der Waals surface area contributed by atoms with Crippen molar-refractivity contribution in [1.82, 2.24) is 9.80 Å². The molecule has 1 amide bonds. The summed E-state index contributed by atoms with van der Waals surface area (Å²) in [6, 6.07) is 15.2. The number of nitrogens with zero attached hydrogens (tertiary/aromatic N) is 2. The van der Waals surface area contributed by atoms with Crippen LogP contribution in [0.15, 0.2) is 48.5 Å². The lowest BCUT2D eigenvalue weighted by molar-refractivity contribution is -0.130. The number of amides is 1. The average molecular weight is 517 g/mol. The van der Waals surface area contributed by atoms with Crippen LogP contribution in [0.2, 0.25) is 5.02 Å². The number of carbonyl (C=O) groups is 1. The van der Waals surface area contributed by atoms with Gasteiger partial charge in [-0.05, 0) is 61.2 Å². The van der Waals surface area contributed by atoms with E-state index >= 15 is 0 Å². The topological polar surface area (TPSA) is 71.5 Å². The molecule has 7 nitrogen and oxygen atoms in total. The summed E-state index contributed by atoms with van der Waals surface area (Å²) >= 11 is 5.94. The number of likely N-dealkylation sites (tertiary alicyclic amines) is 1. The molecular weight excluding hydrogens is 480 g/mol. The maximum Gasteiger partial charge on any atom is 0.222 e. The summed E-state index contributed by atoms with van der Waals surface area (Å²) in [5.41, 5.74) is -0.00674. The van der Waals surface area contributed by atoms with Crippen LogP contribution in [0.5, 0.6) is 11.5 Å². The number of hydrogen-bond acceptors (Lipinski definition) is 6. The third-order valence-corrected chi connectivity index (χ3v) is 6.83. The average Bonchev–Trinajstić information content (AvgIpc) is 3.19. The molecule has 2 saturated heterocycles. The van der Waals surface area contributed by atoms with Crippen LogP contribution in [0.25, 0.3) is 0 Å². The van der Waals surface area contributed by atoms with Gasteiger partial charge in [0.05, 0.1) is 19.8 Å². The molecule has 0 spiro atoms. The zero-order valence-electron chi connectivity index (χ0n) is 20.9. The largest absolute Gasteiger partial charge is 0.494 e. The van der Waals surface area contributed by atoms with E-state index in [1.807, 2.05) is 23.1 Å². The molecule has 1 atom stereocenters. The first kappa shape index (κ1) is 26.7. The fourth-order valence-corrected chi connectivity index (χ4v) is 4.81. The molecule has 2 heterocycles. The molecule has 2 fully saturated rings. The Bertz CT molecular complexity index is 973. The molecule has 196 valence electrons. The van der Waals surface area contributed by atoms with Crippen molar-refractivity contribution >= 4 is 17.5 Å². The minimum Gasteiger partial charge on any atom is -0.494 e. The van der Waals surface area contributed by atoms with E-state index in [9.17, 15) is 9.90 Å². The van der Waals surface area contributed by atoms with Crippen LogP contribution in [-0.2, 0) is 16.1 Å². The normalized spacial score (nSPS) is 21.6. The molecule has 2 aromatic rings. The quantitative estimate of drug-likeness (QED) is 0.478. The van der Waals surface area contributed by atoms with Gasteiger partial charge in [-0.15, -0.1) is 0 Å². The molecule has 8 heteroatoms. The first-order chi connectivity index (χ1) is 17.5. The molecule has 0 saturated carbocycles. The summed E-state index contributed by atoms with van der Waals surface area (Å²) in [4.78, 5) is 16.3. The van der Waals surface area contributed by atoms with Crippen molar-refractivity contribution in [3.05, 3.63) is 59.1 Å². The zero-order valence-corrected chi connectivity index (χ0v) is 21.6. The summed E-state index contributed by atoms with van der Waals surface area (Å²) in [6.07, 6.45) is 4.74. The fourth-order valence-electron chi connectivity index (χ4n) is 4.68. The number of hydrogen-bond donors (Lipinski definition) is 1. The Kier molecular flexibility index (Phi) is 9.87. The number of aliphatic hydroxyl groups is 1. The second-order valence-electron chi connectivity index (χ2n) is 9.77. The molecule has 0 radical (unpaired) electrons. The smallest absolute Gasteiger partial charge is 0.222 e. The minimum absolute atomic E-state index is 0.133. The van der Waals surface area contributed by atoms with E-state index in [2.05, 4.69) is 11.0 Å². The number of rotatable bonds is 10. The van der Waals surface area contributed by atoms with Gasteiger partial charge in [-0.1, -0.05) is 30.2 Å². The third-order valence-electron chi connectivity index (χ3n) is 6.58. The molecule has 0 aliphatic carbocycles. The summed E-state index contributed by atoms with van der Waals surface area (Å²) in [5, 5.41) is 11.8. The Morgan fingerprint density at radius 1 is 1.03 bits per heavy atom. The van der Waals surface area contributed by atoms with E-state index in [4.69, 9.17) is 25.8 Å². The van der Waals surface area contributed by atoms with Crippen LogP contribution in [-0.4, -0.2) is 79.0 Å². The fraction of sp³-hybridized carbons (Fsp3) is 0.536. The Balaban J connectivity index is 1.25. The second kappa shape index (κ2) is 13.3. The maximum absolute atomic E-state index is 12.1. The number of ether oxygens (including phenoxy) is 3. The van der Waals surface area contributed by atoms with Crippen LogP contribution >= 0.6 is 11.6 Å².